The quantitative estimate of drug-likeness (QED) is 0.334. The van der Waals surface area contributed by atoms with Crippen LogP contribution < -0.4 is 0 Å². The number of halogens is 6. The maximum atomic E-state index is 12.7. The normalized spacial score (nSPS) is 15.3. The number of benzene rings is 1. The zero-order valence-corrected chi connectivity index (χ0v) is 12.8. The standard InChI is InChI=1S/C13H13F6NOS/c1-11(2,3)22(21)20-7-8-4-9(12(14,15)16)6-10(5-8)13(17,18)19/h4-7H,1-3H3/p+1/b20-7+. The molecule has 0 aliphatic carbocycles. The van der Waals surface area contributed by atoms with Crippen molar-refractivity contribution in [2.24, 2.45) is 4.40 Å². The molecule has 1 aromatic rings. The van der Waals surface area contributed by atoms with Crippen LogP contribution in [0.5, 0.6) is 0 Å². The fourth-order valence-corrected chi connectivity index (χ4v) is 1.93. The lowest BCUT2D eigenvalue weighted by Gasteiger charge is -2.12. The molecule has 0 radical (unpaired) electrons. The van der Waals surface area contributed by atoms with Crippen LogP contribution in [0, 0.1) is 0 Å². The van der Waals surface area contributed by atoms with Crippen LogP contribution in [0.4, 0.5) is 26.3 Å². The number of hydrogen-bond donors (Lipinski definition) is 0. The summed E-state index contributed by atoms with van der Waals surface area (Å²) in [7, 11) is -2.16. The van der Waals surface area contributed by atoms with E-state index in [9.17, 15) is 30.6 Å². The van der Waals surface area contributed by atoms with Crippen molar-refractivity contribution in [3.05, 3.63) is 34.9 Å². The first kappa shape index (κ1) is 18.7. The van der Waals surface area contributed by atoms with E-state index in [2.05, 4.69) is 4.40 Å². The molecule has 0 fully saturated rings. The molecule has 0 N–H and O–H groups in total. The van der Waals surface area contributed by atoms with Gasteiger partial charge in [0, 0.05) is 0 Å². The van der Waals surface area contributed by atoms with Crippen LogP contribution in [0.1, 0.15) is 37.5 Å². The molecule has 1 atom stereocenters. The van der Waals surface area contributed by atoms with Gasteiger partial charge in [0.25, 0.3) is 0 Å². The fraction of sp³-hybridized carbons (Fsp3) is 0.462. The van der Waals surface area contributed by atoms with Crippen LogP contribution in [0.25, 0.3) is 0 Å². The number of rotatable bonds is 2. The van der Waals surface area contributed by atoms with Gasteiger partial charge in [0.1, 0.15) is 4.75 Å². The highest BCUT2D eigenvalue weighted by atomic mass is 32.2. The predicted molar refractivity (Wildman–Crippen MR) is 73.2 cm³/mol. The van der Waals surface area contributed by atoms with Crippen molar-refractivity contribution in [2.75, 3.05) is 0 Å². The summed E-state index contributed by atoms with van der Waals surface area (Å²) in [4.78, 5) is 0. The van der Waals surface area contributed by atoms with E-state index in [0.717, 1.165) is 6.21 Å². The van der Waals surface area contributed by atoms with Gasteiger partial charge in [-0.25, -0.2) is 0 Å². The minimum atomic E-state index is -4.92. The van der Waals surface area contributed by atoms with Gasteiger partial charge in [-0.15, -0.1) is 0 Å². The number of nitrogens with zero attached hydrogens (tertiary/aromatic N) is 1. The molecule has 0 saturated heterocycles. The van der Waals surface area contributed by atoms with Crippen LogP contribution in [0.15, 0.2) is 22.6 Å². The second-order valence-corrected chi connectivity index (χ2v) is 7.65. The van der Waals surface area contributed by atoms with Gasteiger partial charge in [-0.2, -0.15) is 26.3 Å². The predicted octanol–water partition coefficient (Wildman–Crippen LogP) is 4.55. The van der Waals surface area contributed by atoms with E-state index in [1.165, 1.54) is 0 Å². The summed E-state index contributed by atoms with van der Waals surface area (Å²) in [5, 5.41) is 0. The lowest BCUT2D eigenvalue weighted by molar-refractivity contribution is -0.143. The molecule has 1 rings (SSSR count). The molecule has 22 heavy (non-hydrogen) atoms. The molecule has 124 valence electrons. The summed E-state index contributed by atoms with van der Waals surface area (Å²) in [6.45, 7) is 4.78. The molecule has 0 aliphatic heterocycles. The molecule has 1 aromatic carbocycles. The Bertz CT molecular complexity index is 566. The molecule has 9 heteroatoms. The molecule has 0 heterocycles. The highest BCUT2D eigenvalue weighted by Gasteiger charge is 2.36. The Labute approximate surface area is 125 Å². The molecular formula is C13H14F6NOS+. The molecule has 0 amide bonds. The van der Waals surface area contributed by atoms with Crippen molar-refractivity contribution in [2.45, 2.75) is 37.9 Å². The fourth-order valence-electron chi connectivity index (χ4n) is 1.35. The summed E-state index contributed by atoms with van der Waals surface area (Å²) in [5.74, 6) is 0. The molecule has 0 spiro atoms. The van der Waals surface area contributed by atoms with E-state index in [1.54, 1.807) is 20.8 Å². The summed E-state index contributed by atoms with van der Waals surface area (Å²) >= 11 is 0. The first-order valence-electron chi connectivity index (χ1n) is 6.02. The second-order valence-electron chi connectivity index (χ2n) is 5.53. The van der Waals surface area contributed by atoms with Crippen molar-refractivity contribution in [3.8, 4) is 0 Å². The number of hydrogen-bond acceptors (Lipinski definition) is 1. The van der Waals surface area contributed by atoms with Crippen LogP contribution >= 0.6 is 0 Å². The van der Waals surface area contributed by atoms with Gasteiger partial charge < -0.3 is 0 Å². The molecule has 2 nitrogen and oxygen atoms in total. The third kappa shape index (κ3) is 5.11. The average molecular weight is 346 g/mol. The second kappa shape index (κ2) is 6.02. The Kier molecular flexibility index (Phi) is 5.11. The number of alkyl halides is 6. The Morgan fingerprint density at radius 1 is 0.909 bits per heavy atom. The first-order chi connectivity index (χ1) is 9.71. The van der Waals surface area contributed by atoms with Gasteiger partial charge in [-0.05, 0) is 44.5 Å². The SMILES string of the molecule is CC(C)(C)[SH+](=O)/N=C/c1cc(C(F)(F)F)cc(C(F)(F)F)c1. The van der Waals surface area contributed by atoms with Crippen molar-refractivity contribution in [3.63, 3.8) is 0 Å². The molecular weight excluding hydrogens is 332 g/mol. The summed E-state index contributed by atoms with van der Waals surface area (Å²) < 4.78 is 90.5. The highest BCUT2D eigenvalue weighted by molar-refractivity contribution is 7.85. The molecule has 0 saturated carbocycles. The minimum Gasteiger partial charge on any atom is -0.166 e. The van der Waals surface area contributed by atoms with Gasteiger partial charge in [0.2, 0.25) is 0 Å². The van der Waals surface area contributed by atoms with Crippen molar-refractivity contribution in [1.82, 2.24) is 0 Å². The summed E-state index contributed by atoms with van der Waals surface area (Å²) in [6, 6.07) is 1.09. The van der Waals surface area contributed by atoms with Crippen molar-refractivity contribution in [1.29, 1.82) is 0 Å². The van der Waals surface area contributed by atoms with E-state index in [0.29, 0.717) is 12.1 Å². The molecule has 0 aliphatic rings. The van der Waals surface area contributed by atoms with Gasteiger partial charge in [0.15, 0.2) is 11.0 Å². The Morgan fingerprint density at radius 2 is 1.32 bits per heavy atom. The van der Waals surface area contributed by atoms with Crippen molar-refractivity contribution >= 4 is 17.2 Å². The van der Waals surface area contributed by atoms with Crippen LogP contribution in [0.2, 0.25) is 0 Å². The van der Waals surface area contributed by atoms with Crippen LogP contribution in [-0.4, -0.2) is 11.0 Å². The zero-order chi connectivity index (χ0) is 17.3. The third-order valence-electron chi connectivity index (χ3n) is 2.50. The van der Waals surface area contributed by atoms with E-state index >= 15 is 0 Å². The lowest BCUT2D eigenvalue weighted by Crippen LogP contribution is -2.19. The van der Waals surface area contributed by atoms with Crippen LogP contribution in [-0.2, 0) is 27.5 Å². The van der Waals surface area contributed by atoms with Crippen molar-refractivity contribution < 1.29 is 30.6 Å². The van der Waals surface area contributed by atoms with E-state index in [4.69, 9.17) is 0 Å². The van der Waals surface area contributed by atoms with E-state index in [-0.39, 0.29) is 6.07 Å². The van der Waals surface area contributed by atoms with Gasteiger partial charge in [0.05, 0.1) is 17.3 Å². The molecule has 0 bridgehead atoms. The largest absolute Gasteiger partial charge is 0.416 e. The van der Waals surface area contributed by atoms with E-state index < -0.39 is 44.8 Å². The Morgan fingerprint density at radius 3 is 1.64 bits per heavy atom. The maximum Gasteiger partial charge on any atom is 0.416 e. The van der Waals surface area contributed by atoms with Gasteiger partial charge in [-0.1, -0.05) is 8.61 Å². The average Bonchev–Trinajstić information content (AvgIpc) is 2.32. The first-order valence-corrected chi connectivity index (χ1v) is 7.23. The minimum absolute atomic E-state index is 0.0289. The summed E-state index contributed by atoms with van der Waals surface area (Å²) in [5.41, 5.74) is -3.28. The monoisotopic (exact) mass is 346 g/mol. The molecule has 0 aromatic heterocycles. The summed E-state index contributed by atoms with van der Waals surface area (Å²) in [6.07, 6.45) is -9.07. The number of thiol groups is 1. The lowest BCUT2D eigenvalue weighted by atomic mass is 10.1. The maximum absolute atomic E-state index is 12.7. The topological polar surface area (TPSA) is 29.4 Å². The Balaban J connectivity index is 3.31. The molecule has 1 unspecified atom stereocenters. The third-order valence-corrected chi connectivity index (χ3v) is 3.97. The zero-order valence-electron chi connectivity index (χ0n) is 11.9. The van der Waals surface area contributed by atoms with E-state index in [1.807, 2.05) is 0 Å². The smallest absolute Gasteiger partial charge is 0.166 e. The van der Waals surface area contributed by atoms with Gasteiger partial charge >= 0.3 is 12.4 Å². The Hall–Kier alpha value is -1.38. The highest BCUT2D eigenvalue weighted by Crippen LogP contribution is 2.36. The van der Waals surface area contributed by atoms with Crippen LogP contribution in [0.3, 0.4) is 0 Å². The van der Waals surface area contributed by atoms with Gasteiger partial charge in [-0.3, -0.25) is 0 Å².